The fourth-order valence-corrected chi connectivity index (χ4v) is 3.76. The molecule has 0 aliphatic heterocycles. The van der Waals surface area contributed by atoms with Crippen molar-refractivity contribution in [1.82, 2.24) is 4.90 Å². The number of esters is 1. The van der Waals surface area contributed by atoms with E-state index in [0.717, 1.165) is 42.1 Å². The molecule has 2 aromatic rings. The first kappa shape index (κ1) is 17.5. The fraction of sp³-hybridized carbons (Fsp3) is 0.389. The predicted octanol–water partition coefficient (Wildman–Crippen LogP) is 3.67. The topological polar surface area (TPSA) is 55.6 Å². The van der Waals surface area contributed by atoms with Crippen LogP contribution in [-0.2, 0) is 11.2 Å². The molecule has 0 aliphatic carbocycles. The van der Waals surface area contributed by atoms with Crippen LogP contribution < -0.4 is 5.73 Å². The molecule has 0 fully saturated rings. The minimum absolute atomic E-state index is 0.369. The fourth-order valence-electron chi connectivity index (χ4n) is 2.69. The number of carbonyl (C=O) groups excluding carboxylic acids is 1. The molecule has 1 aromatic carbocycles. The number of nitrogens with zero attached hydrogens (tertiary/aromatic N) is 1. The Balaban J connectivity index is 2.44. The Hall–Kier alpha value is -1.85. The monoisotopic (exact) mass is 332 g/mol. The molecule has 5 heteroatoms. The van der Waals surface area contributed by atoms with Crippen LogP contribution in [0.4, 0.5) is 5.00 Å². The van der Waals surface area contributed by atoms with Crippen LogP contribution in [0, 0.1) is 0 Å². The third kappa shape index (κ3) is 3.92. The minimum Gasteiger partial charge on any atom is -0.465 e. The van der Waals surface area contributed by atoms with Crippen LogP contribution in [0.3, 0.4) is 0 Å². The highest BCUT2D eigenvalue weighted by molar-refractivity contribution is 7.17. The standard InChI is InChI=1S/C18H24N2O2S/c1-4-20(5-2)12-11-14-15(13-9-7-6-8-10-13)16(17(19)23-14)18(21)22-3/h6-10H,4-5,11-12,19H2,1-3H3. The highest BCUT2D eigenvalue weighted by atomic mass is 32.1. The van der Waals surface area contributed by atoms with E-state index in [1.807, 2.05) is 30.3 Å². The first-order valence-corrected chi connectivity index (χ1v) is 8.71. The Morgan fingerprint density at radius 2 is 1.87 bits per heavy atom. The summed E-state index contributed by atoms with van der Waals surface area (Å²) in [5.74, 6) is -0.369. The summed E-state index contributed by atoms with van der Waals surface area (Å²) in [6, 6.07) is 9.92. The van der Waals surface area contributed by atoms with Crippen LogP contribution in [0.2, 0.25) is 0 Å². The number of benzene rings is 1. The van der Waals surface area contributed by atoms with Crippen molar-refractivity contribution in [3.63, 3.8) is 0 Å². The van der Waals surface area contributed by atoms with Crippen molar-refractivity contribution in [2.24, 2.45) is 0 Å². The SMILES string of the molecule is CCN(CC)CCc1sc(N)c(C(=O)OC)c1-c1ccccc1. The average molecular weight is 332 g/mol. The van der Waals surface area contributed by atoms with Crippen molar-refractivity contribution in [1.29, 1.82) is 0 Å². The van der Waals surface area contributed by atoms with Gasteiger partial charge in [0, 0.05) is 17.0 Å². The summed E-state index contributed by atoms with van der Waals surface area (Å²) in [6.07, 6.45) is 0.873. The third-order valence-electron chi connectivity index (χ3n) is 4.01. The average Bonchev–Trinajstić information content (AvgIpc) is 2.92. The molecular formula is C18H24N2O2S. The summed E-state index contributed by atoms with van der Waals surface area (Å²) in [6.45, 7) is 7.30. The molecule has 1 aromatic heterocycles. The molecule has 124 valence electrons. The number of anilines is 1. The number of hydrogen-bond acceptors (Lipinski definition) is 5. The van der Waals surface area contributed by atoms with E-state index in [1.165, 1.54) is 18.4 Å². The van der Waals surface area contributed by atoms with Crippen molar-refractivity contribution in [3.05, 3.63) is 40.8 Å². The van der Waals surface area contributed by atoms with Gasteiger partial charge in [0.1, 0.15) is 10.6 Å². The molecule has 0 bridgehead atoms. The second-order valence-electron chi connectivity index (χ2n) is 5.27. The van der Waals surface area contributed by atoms with Crippen LogP contribution >= 0.6 is 11.3 Å². The van der Waals surface area contributed by atoms with Gasteiger partial charge in [-0.1, -0.05) is 44.2 Å². The zero-order valence-electron chi connectivity index (χ0n) is 14.0. The van der Waals surface area contributed by atoms with E-state index >= 15 is 0 Å². The molecule has 0 amide bonds. The minimum atomic E-state index is -0.369. The van der Waals surface area contributed by atoms with Gasteiger partial charge in [-0.05, 0) is 25.1 Å². The molecule has 0 aliphatic rings. The third-order valence-corrected chi connectivity index (χ3v) is 5.09. The van der Waals surface area contributed by atoms with E-state index < -0.39 is 0 Å². The zero-order chi connectivity index (χ0) is 16.8. The highest BCUT2D eigenvalue weighted by Gasteiger charge is 2.24. The highest BCUT2D eigenvalue weighted by Crippen LogP contribution is 2.39. The maximum atomic E-state index is 12.2. The van der Waals surface area contributed by atoms with Crippen molar-refractivity contribution in [3.8, 4) is 11.1 Å². The van der Waals surface area contributed by atoms with E-state index in [0.29, 0.717) is 10.6 Å². The molecule has 0 saturated heterocycles. The molecule has 0 radical (unpaired) electrons. The summed E-state index contributed by atoms with van der Waals surface area (Å²) in [4.78, 5) is 15.7. The molecule has 0 spiro atoms. The number of rotatable bonds is 7. The quantitative estimate of drug-likeness (QED) is 0.786. The zero-order valence-corrected chi connectivity index (χ0v) is 14.8. The Labute approximate surface area is 141 Å². The predicted molar refractivity (Wildman–Crippen MR) is 97.0 cm³/mol. The summed E-state index contributed by atoms with van der Waals surface area (Å²) >= 11 is 1.49. The van der Waals surface area contributed by atoms with Crippen LogP contribution in [0.15, 0.2) is 30.3 Å². The lowest BCUT2D eigenvalue weighted by atomic mass is 10.00. The van der Waals surface area contributed by atoms with Crippen LogP contribution in [-0.4, -0.2) is 37.6 Å². The normalized spacial score (nSPS) is 11.0. The van der Waals surface area contributed by atoms with Gasteiger partial charge in [0.15, 0.2) is 0 Å². The summed E-state index contributed by atoms with van der Waals surface area (Å²) in [7, 11) is 1.39. The number of hydrogen-bond donors (Lipinski definition) is 1. The smallest absolute Gasteiger partial charge is 0.341 e. The maximum Gasteiger partial charge on any atom is 0.341 e. The van der Waals surface area contributed by atoms with Crippen molar-refractivity contribution in [2.75, 3.05) is 32.5 Å². The number of likely N-dealkylation sites (N-methyl/N-ethyl adjacent to an activating group) is 1. The van der Waals surface area contributed by atoms with Gasteiger partial charge >= 0.3 is 5.97 Å². The molecule has 0 saturated carbocycles. The van der Waals surface area contributed by atoms with Crippen molar-refractivity contribution >= 4 is 22.3 Å². The number of ether oxygens (including phenoxy) is 1. The second-order valence-corrected chi connectivity index (χ2v) is 6.41. The molecular weight excluding hydrogens is 308 g/mol. The maximum absolute atomic E-state index is 12.2. The largest absolute Gasteiger partial charge is 0.465 e. The van der Waals surface area contributed by atoms with E-state index in [9.17, 15) is 4.79 Å². The molecule has 2 N–H and O–H groups in total. The molecule has 4 nitrogen and oxygen atoms in total. The van der Waals surface area contributed by atoms with Gasteiger partial charge in [-0.3, -0.25) is 0 Å². The van der Waals surface area contributed by atoms with E-state index in [1.54, 1.807) is 0 Å². The Kier molecular flexibility index (Phi) is 6.19. The lowest BCUT2D eigenvalue weighted by Crippen LogP contribution is -2.25. The number of carbonyl (C=O) groups is 1. The first-order chi connectivity index (χ1) is 11.1. The number of nitrogens with two attached hydrogens (primary N) is 1. The number of thiophene rings is 1. The molecule has 2 rings (SSSR count). The summed E-state index contributed by atoms with van der Waals surface area (Å²) in [5, 5.41) is 0.533. The van der Waals surface area contributed by atoms with Gasteiger partial charge in [0.25, 0.3) is 0 Å². The lowest BCUT2D eigenvalue weighted by molar-refractivity contribution is 0.0603. The van der Waals surface area contributed by atoms with Crippen molar-refractivity contribution < 1.29 is 9.53 Å². The van der Waals surface area contributed by atoms with Crippen molar-refractivity contribution in [2.45, 2.75) is 20.3 Å². The molecule has 0 atom stereocenters. The van der Waals surface area contributed by atoms with Crippen LogP contribution in [0.25, 0.3) is 11.1 Å². The molecule has 1 heterocycles. The van der Waals surface area contributed by atoms with E-state index in [-0.39, 0.29) is 5.97 Å². The molecule has 23 heavy (non-hydrogen) atoms. The Morgan fingerprint density at radius 1 is 1.22 bits per heavy atom. The van der Waals surface area contributed by atoms with Gasteiger partial charge in [0.05, 0.1) is 7.11 Å². The van der Waals surface area contributed by atoms with Gasteiger partial charge < -0.3 is 15.4 Å². The van der Waals surface area contributed by atoms with Crippen LogP contribution in [0.1, 0.15) is 29.1 Å². The molecule has 0 unspecified atom stereocenters. The van der Waals surface area contributed by atoms with Gasteiger partial charge in [-0.2, -0.15) is 0 Å². The Bertz CT molecular complexity index is 649. The Morgan fingerprint density at radius 3 is 2.43 bits per heavy atom. The van der Waals surface area contributed by atoms with Crippen LogP contribution in [0.5, 0.6) is 0 Å². The van der Waals surface area contributed by atoms with E-state index in [2.05, 4.69) is 18.7 Å². The van der Waals surface area contributed by atoms with Gasteiger partial charge in [0.2, 0.25) is 0 Å². The van der Waals surface area contributed by atoms with Gasteiger partial charge in [-0.15, -0.1) is 11.3 Å². The second kappa shape index (κ2) is 8.13. The van der Waals surface area contributed by atoms with E-state index in [4.69, 9.17) is 10.5 Å². The summed E-state index contributed by atoms with van der Waals surface area (Å²) < 4.78 is 4.94. The first-order valence-electron chi connectivity index (χ1n) is 7.89. The number of nitrogen functional groups attached to an aromatic ring is 1. The summed E-state index contributed by atoms with van der Waals surface area (Å²) in [5.41, 5.74) is 8.56. The van der Waals surface area contributed by atoms with Gasteiger partial charge in [-0.25, -0.2) is 4.79 Å². The lowest BCUT2D eigenvalue weighted by Gasteiger charge is -2.17. The number of methoxy groups -OCH3 is 1.